The van der Waals surface area contributed by atoms with Crippen LogP contribution in [0.4, 0.5) is 0 Å². The molecule has 0 heterocycles. The molecular formula is C17H27ClN2O2. The molecule has 1 aliphatic rings. The Kier molecular flexibility index (Phi) is 7.17. The van der Waals surface area contributed by atoms with Crippen LogP contribution in [-0.2, 0) is 4.79 Å². The minimum absolute atomic E-state index is 0. The average Bonchev–Trinajstić information content (AvgIpc) is 2.92. The van der Waals surface area contributed by atoms with Gasteiger partial charge in [0.1, 0.15) is 5.75 Å². The van der Waals surface area contributed by atoms with E-state index in [4.69, 9.17) is 10.5 Å². The fourth-order valence-corrected chi connectivity index (χ4v) is 2.90. The van der Waals surface area contributed by atoms with Gasteiger partial charge in [0, 0.05) is 13.6 Å². The highest BCUT2D eigenvalue weighted by Crippen LogP contribution is 2.28. The molecule has 1 aromatic rings. The van der Waals surface area contributed by atoms with Crippen molar-refractivity contribution in [1.29, 1.82) is 0 Å². The Labute approximate surface area is 139 Å². The van der Waals surface area contributed by atoms with Gasteiger partial charge in [-0.15, -0.1) is 12.4 Å². The number of hydrogen-bond acceptors (Lipinski definition) is 3. The molecule has 0 bridgehead atoms. The number of ether oxygens (including phenoxy) is 1. The van der Waals surface area contributed by atoms with Gasteiger partial charge in [-0.2, -0.15) is 0 Å². The maximum atomic E-state index is 12.3. The van der Waals surface area contributed by atoms with E-state index in [1.807, 2.05) is 38.2 Å². The quantitative estimate of drug-likeness (QED) is 0.818. The molecule has 2 rings (SSSR count). The fourth-order valence-electron chi connectivity index (χ4n) is 2.90. The van der Waals surface area contributed by atoms with Crippen molar-refractivity contribution < 1.29 is 9.53 Å². The summed E-state index contributed by atoms with van der Waals surface area (Å²) >= 11 is 0. The molecule has 1 aliphatic carbocycles. The van der Waals surface area contributed by atoms with Crippen molar-refractivity contribution in [2.24, 2.45) is 5.73 Å². The second-order valence-corrected chi connectivity index (χ2v) is 6.06. The third kappa shape index (κ3) is 4.62. The monoisotopic (exact) mass is 326 g/mol. The zero-order chi connectivity index (χ0) is 15.3. The second kappa shape index (κ2) is 8.39. The van der Waals surface area contributed by atoms with Gasteiger partial charge in [0.25, 0.3) is 0 Å². The molecule has 22 heavy (non-hydrogen) atoms. The second-order valence-electron chi connectivity index (χ2n) is 6.06. The lowest BCUT2D eigenvalue weighted by Crippen LogP contribution is -2.52. The molecule has 5 heteroatoms. The third-order valence-corrected chi connectivity index (χ3v) is 4.26. The molecule has 0 saturated heterocycles. The lowest BCUT2D eigenvalue weighted by atomic mass is 9.97. The van der Waals surface area contributed by atoms with Crippen LogP contribution in [-0.4, -0.2) is 36.5 Å². The summed E-state index contributed by atoms with van der Waals surface area (Å²) in [5.74, 6) is 0.994. The number of nitrogens with zero attached hydrogens (tertiary/aromatic N) is 1. The van der Waals surface area contributed by atoms with Gasteiger partial charge in [-0.25, -0.2) is 0 Å². The normalized spacial score (nSPS) is 16.0. The molecule has 1 saturated carbocycles. The molecule has 124 valence electrons. The highest BCUT2D eigenvalue weighted by atomic mass is 35.5. The van der Waals surface area contributed by atoms with E-state index < -0.39 is 5.54 Å². The number of para-hydroxylation sites is 1. The number of likely N-dealkylation sites (N-methyl/N-ethyl adjacent to an activating group) is 1. The summed E-state index contributed by atoms with van der Waals surface area (Å²) in [5.41, 5.74) is 6.71. The number of benzene rings is 1. The van der Waals surface area contributed by atoms with Gasteiger partial charge in [-0.05, 0) is 37.8 Å². The van der Waals surface area contributed by atoms with Crippen molar-refractivity contribution in [3.05, 3.63) is 29.8 Å². The highest BCUT2D eigenvalue weighted by molar-refractivity contribution is 5.86. The number of halogens is 1. The van der Waals surface area contributed by atoms with Crippen molar-refractivity contribution in [3.63, 3.8) is 0 Å². The van der Waals surface area contributed by atoms with E-state index in [0.29, 0.717) is 13.2 Å². The maximum absolute atomic E-state index is 12.3. The van der Waals surface area contributed by atoms with Crippen molar-refractivity contribution in [1.82, 2.24) is 4.90 Å². The Hall–Kier alpha value is -1.26. The van der Waals surface area contributed by atoms with Gasteiger partial charge in [-0.3, -0.25) is 4.79 Å². The molecule has 0 spiro atoms. The number of carbonyl (C=O) groups excluding carboxylic acids is 1. The molecule has 0 aromatic heterocycles. The Morgan fingerprint density at radius 1 is 1.32 bits per heavy atom. The fraction of sp³-hybridized carbons (Fsp3) is 0.588. The van der Waals surface area contributed by atoms with E-state index in [-0.39, 0.29) is 18.3 Å². The number of aryl methyl sites for hydroxylation is 1. The van der Waals surface area contributed by atoms with Crippen LogP contribution in [0.2, 0.25) is 0 Å². The Morgan fingerprint density at radius 3 is 2.59 bits per heavy atom. The van der Waals surface area contributed by atoms with E-state index >= 15 is 0 Å². The van der Waals surface area contributed by atoms with E-state index in [0.717, 1.165) is 43.4 Å². The van der Waals surface area contributed by atoms with Gasteiger partial charge in [0.15, 0.2) is 0 Å². The first-order chi connectivity index (χ1) is 10.0. The SMILES string of the molecule is Cc1ccccc1OCCCN(C)C(=O)C1(N)CCCC1.Cl. The maximum Gasteiger partial charge on any atom is 0.242 e. The standard InChI is InChI=1S/C17H26N2O2.ClH/c1-14-8-3-4-9-15(14)21-13-7-12-19(2)16(20)17(18)10-5-6-11-17;/h3-4,8-9H,5-7,10-13,18H2,1-2H3;1H. The van der Waals surface area contributed by atoms with Gasteiger partial charge in [0.2, 0.25) is 5.91 Å². The molecule has 0 unspecified atom stereocenters. The lowest BCUT2D eigenvalue weighted by Gasteiger charge is -2.28. The molecule has 1 fully saturated rings. The van der Waals surface area contributed by atoms with Crippen LogP contribution in [0.3, 0.4) is 0 Å². The predicted molar refractivity (Wildman–Crippen MR) is 91.6 cm³/mol. The minimum atomic E-state index is -0.619. The first-order valence-electron chi connectivity index (χ1n) is 7.76. The minimum Gasteiger partial charge on any atom is -0.493 e. The van der Waals surface area contributed by atoms with E-state index in [2.05, 4.69) is 0 Å². The number of nitrogens with two attached hydrogens (primary N) is 1. The van der Waals surface area contributed by atoms with Gasteiger partial charge in [-0.1, -0.05) is 31.0 Å². The summed E-state index contributed by atoms with van der Waals surface area (Å²) in [7, 11) is 1.84. The molecule has 2 N–H and O–H groups in total. The lowest BCUT2D eigenvalue weighted by molar-refractivity contribution is -0.135. The van der Waals surface area contributed by atoms with Crippen LogP contribution < -0.4 is 10.5 Å². The molecular weight excluding hydrogens is 300 g/mol. The molecule has 0 aliphatic heterocycles. The van der Waals surface area contributed by atoms with Crippen molar-refractivity contribution in [2.45, 2.75) is 44.6 Å². The molecule has 1 aromatic carbocycles. The first-order valence-corrected chi connectivity index (χ1v) is 7.76. The van der Waals surface area contributed by atoms with Crippen LogP contribution in [0.25, 0.3) is 0 Å². The van der Waals surface area contributed by atoms with Crippen molar-refractivity contribution in [2.75, 3.05) is 20.2 Å². The Morgan fingerprint density at radius 2 is 1.95 bits per heavy atom. The van der Waals surface area contributed by atoms with Crippen LogP contribution in [0, 0.1) is 6.92 Å². The number of amides is 1. The van der Waals surface area contributed by atoms with E-state index in [1.54, 1.807) is 4.90 Å². The van der Waals surface area contributed by atoms with Gasteiger partial charge >= 0.3 is 0 Å². The molecule has 0 radical (unpaired) electrons. The Balaban J connectivity index is 0.00000242. The number of carbonyl (C=O) groups is 1. The highest BCUT2D eigenvalue weighted by Gasteiger charge is 2.38. The molecule has 4 nitrogen and oxygen atoms in total. The van der Waals surface area contributed by atoms with Crippen molar-refractivity contribution >= 4 is 18.3 Å². The summed E-state index contributed by atoms with van der Waals surface area (Å²) in [4.78, 5) is 14.1. The van der Waals surface area contributed by atoms with Crippen LogP contribution in [0.15, 0.2) is 24.3 Å². The number of hydrogen-bond donors (Lipinski definition) is 1. The topological polar surface area (TPSA) is 55.6 Å². The Bertz CT molecular complexity index is 487. The zero-order valence-electron chi connectivity index (χ0n) is 13.5. The van der Waals surface area contributed by atoms with Crippen molar-refractivity contribution in [3.8, 4) is 5.75 Å². The summed E-state index contributed by atoms with van der Waals surface area (Å²) in [5, 5.41) is 0. The van der Waals surface area contributed by atoms with Gasteiger partial charge < -0.3 is 15.4 Å². The van der Waals surface area contributed by atoms with Crippen LogP contribution in [0.1, 0.15) is 37.7 Å². The first kappa shape index (κ1) is 18.8. The van der Waals surface area contributed by atoms with Gasteiger partial charge in [0.05, 0.1) is 12.1 Å². The molecule has 1 amide bonds. The number of rotatable bonds is 6. The van der Waals surface area contributed by atoms with Crippen LogP contribution in [0.5, 0.6) is 5.75 Å². The zero-order valence-corrected chi connectivity index (χ0v) is 14.3. The summed E-state index contributed by atoms with van der Waals surface area (Å²) < 4.78 is 5.75. The largest absolute Gasteiger partial charge is 0.493 e. The molecule has 0 atom stereocenters. The van der Waals surface area contributed by atoms with Crippen LogP contribution >= 0.6 is 12.4 Å². The van der Waals surface area contributed by atoms with E-state index in [9.17, 15) is 4.79 Å². The average molecular weight is 327 g/mol. The smallest absolute Gasteiger partial charge is 0.242 e. The summed E-state index contributed by atoms with van der Waals surface area (Å²) in [6.45, 7) is 3.33. The van der Waals surface area contributed by atoms with E-state index in [1.165, 1.54) is 0 Å². The summed E-state index contributed by atoms with van der Waals surface area (Å²) in [6, 6.07) is 7.97. The third-order valence-electron chi connectivity index (χ3n) is 4.26. The predicted octanol–water partition coefficient (Wildman–Crippen LogP) is 2.92. The summed E-state index contributed by atoms with van der Waals surface area (Å²) in [6.07, 6.45) is 4.57.